The Balaban J connectivity index is 2.57. The monoisotopic (exact) mass is 242 g/mol. The smallest absolute Gasteiger partial charge is 0.128 e. The highest BCUT2D eigenvalue weighted by molar-refractivity contribution is 7.99. The summed E-state index contributed by atoms with van der Waals surface area (Å²) >= 11 is 1.84. The number of nitrogens with two attached hydrogens (primary N) is 1. The van der Waals surface area contributed by atoms with Gasteiger partial charge in [0.15, 0.2) is 0 Å². The van der Waals surface area contributed by atoms with E-state index in [1.807, 2.05) is 11.8 Å². The number of rotatable bonds is 5. The van der Waals surface area contributed by atoms with Crippen molar-refractivity contribution in [3.05, 3.63) is 23.5 Å². The van der Waals surface area contributed by atoms with E-state index in [2.05, 4.69) is 18.5 Å². The molecule has 0 spiro atoms. The average molecular weight is 242 g/mol. The first-order chi connectivity index (χ1) is 7.54. The van der Waals surface area contributed by atoms with E-state index in [1.54, 1.807) is 13.0 Å². The lowest BCUT2D eigenvalue weighted by molar-refractivity contribution is 0.619. The van der Waals surface area contributed by atoms with Crippen LogP contribution >= 0.6 is 11.8 Å². The summed E-state index contributed by atoms with van der Waals surface area (Å²) in [5, 5.41) is 3.86. The van der Waals surface area contributed by atoms with Crippen LogP contribution in [0.4, 0.5) is 15.8 Å². The van der Waals surface area contributed by atoms with E-state index in [0.29, 0.717) is 16.5 Å². The summed E-state index contributed by atoms with van der Waals surface area (Å²) in [6.45, 7) is 4.79. The van der Waals surface area contributed by atoms with Gasteiger partial charge in [-0.15, -0.1) is 0 Å². The van der Waals surface area contributed by atoms with Gasteiger partial charge in [-0.1, -0.05) is 6.92 Å². The predicted molar refractivity (Wildman–Crippen MR) is 71.6 cm³/mol. The largest absolute Gasteiger partial charge is 0.397 e. The topological polar surface area (TPSA) is 38.0 Å². The summed E-state index contributed by atoms with van der Waals surface area (Å²) < 4.78 is 13.2. The summed E-state index contributed by atoms with van der Waals surface area (Å²) in [4.78, 5) is 0. The third-order valence-electron chi connectivity index (χ3n) is 2.60. The number of benzene rings is 1. The highest BCUT2D eigenvalue weighted by atomic mass is 32.2. The fourth-order valence-electron chi connectivity index (χ4n) is 1.38. The first-order valence-electron chi connectivity index (χ1n) is 5.37. The number of nitrogens with one attached hydrogen (secondary N) is 1. The van der Waals surface area contributed by atoms with Crippen LogP contribution in [0.2, 0.25) is 0 Å². The summed E-state index contributed by atoms with van der Waals surface area (Å²) in [7, 11) is 0. The van der Waals surface area contributed by atoms with Gasteiger partial charge in [0.2, 0.25) is 0 Å². The standard InChI is InChI=1S/C12H19FN2S/c1-8-6-12(11(14)7-10(8)13)15-5-4-9(2)16-3/h6-7,9,15H,4-5,14H2,1-3H3. The van der Waals surface area contributed by atoms with Crippen LogP contribution < -0.4 is 11.1 Å². The summed E-state index contributed by atoms with van der Waals surface area (Å²) in [5.41, 5.74) is 7.65. The van der Waals surface area contributed by atoms with Crippen LogP contribution in [-0.4, -0.2) is 18.1 Å². The molecular weight excluding hydrogens is 223 g/mol. The van der Waals surface area contributed by atoms with Gasteiger partial charge in [0, 0.05) is 11.8 Å². The summed E-state index contributed by atoms with van der Waals surface area (Å²) in [6.07, 6.45) is 3.16. The van der Waals surface area contributed by atoms with Crippen LogP contribution in [0.1, 0.15) is 18.9 Å². The van der Waals surface area contributed by atoms with Gasteiger partial charge in [-0.25, -0.2) is 4.39 Å². The molecule has 3 N–H and O–H groups in total. The minimum Gasteiger partial charge on any atom is -0.397 e. The Morgan fingerprint density at radius 1 is 1.50 bits per heavy atom. The minimum absolute atomic E-state index is 0.250. The molecule has 0 amide bonds. The van der Waals surface area contributed by atoms with Gasteiger partial charge in [0.1, 0.15) is 5.82 Å². The van der Waals surface area contributed by atoms with Crippen molar-refractivity contribution >= 4 is 23.1 Å². The second-order valence-electron chi connectivity index (χ2n) is 3.95. The van der Waals surface area contributed by atoms with Gasteiger partial charge in [0.25, 0.3) is 0 Å². The van der Waals surface area contributed by atoms with E-state index in [-0.39, 0.29) is 5.82 Å². The molecule has 1 rings (SSSR count). The van der Waals surface area contributed by atoms with Crippen molar-refractivity contribution in [2.45, 2.75) is 25.5 Å². The third kappa shape index (κ3) is 3.59. The van der Waals surface area contributed by atoms with Gasteiger partial charge in [-0.05, 0) is 37.3 Å². The van der Waals surface area contributed by atoms with Crippen LogP contribution in [0.3, 0.4) is 0 Å². The maximum Gasteiger partial charge on any atom is 0.128 e. The van der Waals surface area contributed by atoms with E-state index >= 15 is 0 Å². The number of hydrogen-bond donors (Lipinski definition) is 2. The van der Waals surface area contributed by atoms with Gasteiger partial charge >= 0.3 is 0 Å². The maximum atomic E-state index is 13.2. The van der Waals surface area contributed by atoms with Crippen molar-refractivity contribution in [3.63, 3.8) is 0 Å². The van der Waals surface area contributed by atoms with Gasteiger partial charge in [-0.3, -0.25) is 0 Å². The van der Waals surface area contributed by atoms with E-state index < -0.39 is 0 Å². The van der Waals surface area contributed by atoms with Gasteiger partial charge in [0.05, 0.1) is 11.4 Å². The lowest BCUT2D eigenvalue weighted by Gasteiger charge is -2.13. The fourth-order valence-corrected chi connectivity index (χ4v) is 1.73. The number of thioether (sulfide) groups is 1. The molecule has 1 aromatic carbocycles. The molecule has 0 aromatic heterocycles. The van der Waals surface area contributed by atoms with E-state index in [0.717, 1.165) is 18.7 Å². The molecule has 0 radical (unpaired) electrons. The molecular formula is C12H19FN2S. The van der Waals surface area contributed by atoms with Gasteiger partial charge in [-0.2, -0.15) is 11.8 Å². The first kappa shape index (κ1) is 13.2. The van der Waals surface area contributed by atoms with E-state index in [1.165, 1.54) is 6.07 Å². The zero-order valence-corrected chi connectivity index (χ0v) is 10.8. The molecule has 90 valence electrons. The molecule has 0 aliphatic heterocycles. The molecule has 0 aliphatic carbocycles. The molecule has 16 heavy (non-hydrogen) atoms. The molecule has 0 saturated heterocycles. The zero-order chi connectivity index (χ0) is 12.1. The van der Waals surface area contributed by atoms with Crippen molar-refractivity contribution in [2.75, 3.05) is 23.9 Å². The van der Waals surface area contributed by atoms with Crippen molar-refractivity contribution < 1.29 is 4.39 Å². The normalized spacial score (nSPS) is 12.5. The van der Waals surface area contributed by atoms with Crippen LogP contribution in [-0.2, 0) is 0 Å². The van der Waals surface area contributed by atoms with Crippen LogP contribution in [0, 0.1) is 12.7 Å². The lowest BCUT2D eigenvalue weighted by atomic mass is 10.1. The Morgan fingerprint density at radius 3 is 2.81 bits per heavy atom. The highest BCUT2D eigenvalue weighted by Crippen LogP contribution is 2.22. The quantitative estimate of drug-likeness (QED) is 0.778. The van der Waals surface area contributed by atoms with Crippen molar-refractivity contribution in [2.24, 2.45) is 0 Å². The molecule has 0 saturated carbocycles. The van der Waals surface area contributed by atoms with Crippen molar-refractivity contribution in [1.29, 1.82) is 0 Å². The third-order valence-corrected chi connectivity index (χ3v) is 3.64. The number of hydrogen-bond acceptors (Lipinski definition) is 3. The molecule has 1 unspecified atom stereocenters. The maximum absolute atomic E-state index is 13.2. The number of aryl methyl sites for hydroxylation is 1. The lowest BCUT2D eigenvalue weighted by Crippen LogP contribution is -2.09. The van der Waals surface area contributed by atoms with Crippen molar-refractivity contribution in [1.82, 2.24) is 0 Å². The van der Waals surface area contributed by atoms with E-state index in [4.69, 9.17) is 5.73 Å². The van der Waals surface area contributed by atoms with Crippen LogP contribution in [0.25, 0.3) is 0 Å². The number of halogens is 1. The molecule has 4 heteroatoms. The SMILES string of the molecule is CSC(C)CCNc1cc(C)c(F)cc1N. The summed E-state index contributed by atoms with van der Waals surface area (Å²) in [6, 6.07) is 3.13. The molecule has 0 fully saturated rings. The van der Waals surface area contributed by atoms with Crippen LogP contribution in [0.5, 0.6) is 0 Å². The average Bonchev–Trinajstić information content (AvgIpc) is 2.25. The highest BCUT2D eigenvalue weighted by Gasteiger charge is 2.05. The second-order valence-corrected chi connectivity index (χ2v) is 5.23. The predicted octanol–water partition coefficient (Wildman–Crippen LogP) is 3.27. The Bertz CT molecular complexity index is 355. The van der Waals surface area contributed by atoms with Gasteiger partial charge < -0.3 is 11.1 Å². The molecule has 2 nitrogen and oxygen atoms in total. The summed E-state index contributed by atoms with van der Waals surface area (Å²) in [5.74, 6) is -0.250. The Kier molecular flexibility index (Phi) is 4.93. The molecule has 0 aliphatic rings. The molecule has 1 atom stereocenters. The second kappa shape index (κ2) is 5.99. The Morgan fingerprint density at radius 2 is 2.19 bits per heavy atom. The first-order valence-corrected chi connectivity index (χ1v) is 6.65. The molecule has 0 heterocycles. The molecule has 0 bridgehead atoms. The minimum atomic E-state index is -0.250. The van der Waals surface area contributed by atoms with Crippen LogP contribution in [0.15, 0.2) is 12.1 Å². The zero-order valence-electron chi connectivity index (χ0n) is 10.0. The van der Waals surface area contributed by atoms with E-state index in [9.17, 15) is 4.39 Å². The Hall–Kier alpha value is -0.900. The Labute approximate surface area is 101 Å². The molecule has 1 aromatic rings. The van der Waals surface area contributed by atoms with Crippen molar-refractivity contribution in [3.8, 4) is 0 Å². The number of anilines is 2. The number of nitrogen functional groups attached to an aromatic ring is 1. The fraction of sp³-hybridized carbons (Fsp3) is 0.500.